The minimum absolute atomic E-state index is 0.122. The lowest BCUT2D eigenvalue weighted by Gasteiger charge is -2.22. The maximum Gasteiger partial charge on any atom is 0.358 e. The van der Waals surface area contributed by atoms with Gasteiger partial charge in [0.2, 0.25) is 6.08 Å². The predicted molar refractivity (Wildman–Crippen MR) is 82.1 cm³/mol. The molecule has 2 aliphatic carbocycles. The summed E-state index contributed by atoms with van der Waals surface area (Å²) in [5, 5.41) is 0. The van der Waals surface area contributed by atoms with Gasteiger partial charge in [0, 0.05) is 0 Å². The Morgan fingerprint density at radius 2 is 1.39 bits per heavy atom. The minimum atomic E-state index is -0.763. The van der Waals surface area contributed by atoms with Crippen LogP contribution in [-0.4, -0.2) is 30.2 Å². The molecule has 6 nitrogen and oxygen atoms in total. The molecule has 0 atom stereocenters. The highest BCUT2D eigenvalue weighted by atomic mass is 16.5. The second-order valence-electron chi connectivity index (χ2n) is 6.09. The monoisotopic (exact) mass is 321 g/mol. The van der Waals surface area contributed by atoms with E-state index in [4.69, 9.17) is 9.47 Å². The fourth-order valence-electron chi connectivity index (χ4n) is 3.07. The lowest BCUT2D eigenvalue weighted by Crippen LogP contribution is -2.23. The largest absolute Gasteiger partial charge is 0.459 e. The molecular weight excluding hydrogens is 298 g/mol. The smallest absolute Gasteiger partial charge is 0.358 e. The van der Waals surface area contributed by atoms with Gasteiger partial charge >= 0.3 is 11.9 Å². The van der Waals surface area contributed by atoms with Crippen molar-refractivity contribution < 1.29 is 23.9 Å². The average molecular weight is 321 g/mol. The van der Waals surface area contributed by atoms with E-state index in [9.17, 15) is 14.4 Å². The number of esters is 2. The van der Waals surface area contributed by atoms with Gasteiger partial charge in [0.1, 0.15) is 12.2 Å². The molecule has 0 aromatic heterocycles. The van der Waals surface area contributed by atoms with Crippen molar-refractivity contribution in [2.75, 3.05) is 0 Å². The summed E-state index contributed by atoms with van der Waals surface area (Å²) >= 11 is 0. The Balaban J connectivity index is 1.93. The molecular formula is C17H23NO5. The molecule has 23 heavy (non-hydrogen) atoms. The van der Waals surface area contributed by atoms with Crippen LogP contribution in [0.2, 0.25) is 0 Å². The minimum Gasteiger partial charge on any atom is -0.459 e. The topological polar surface area (TPSA) is 82.0 Å². The zero-order chi connectivity index (χ0) is 16.5. The Bertz CT molecular complexity index is 495. The summed E-state index contributed by atoms with van der Waals surface area (Å²) in [5.74, 6) is -1.42. The van der Waals surface area contributed by atoms with E-state index in [2.05, 4.69) is 4.99 Å². The van der Waals surface area contributed by atoms with Crippen LogP contribution in [0.5, 0.6) is 0 Å². The number of carbonyl (C=O) groups is 2. The Hall–Kier alpha value is -1.94. The van der Waals surface area contributed by atoms with Gasteiger partial charge in [-0.25, -0.2) is 14.4 Å². The number of hydrogen-bond acceptors (Lipinski definition) is 6. The predicted octanol–water partition coefficient (Wildman–Crippen LogP) is 2.96. The molecule has 0 N–H and O–H groups in total. The molecule has 0 heterocycles. The number of rotatable bonds is 5. The van der Waals surface area contributed by atoms with Crippen molar-refractivity contribution in [3.8, 4) is 0 Å². The van der Waals surface area contributed by atoms with E-state index in [0.717, 1.165) is 70.3 Å². The van der Waals surface area contributed by atoms with Crippen molar-refractivity contribution in [1.29, 1.82) is 0 Å². The first-order valence-electron chi connectivity index (χ1n) is 8.40. The third kappa shape index (κ3) is 5.99. The molecule has 0 aliphatic heterocycles. The van der Waals surface area contributed by atoms with Crippen LogP contribution in [0.1, 0.15) is 64.2 Å². The molecule has 2 saturated carbocycles. The van der Waals surface area contributed by atoms with Gasteiger partial charge in [-0.1, -0.05) is 12.8 Å². The van der Waals surface area contributed by atoms with Crippen LogP contribution in [-0.2, 0) is 23.9 Å². The Morgan fingerprint density at radius 1 is 0.870 bits per heavy atom. The van der Waals surface area contributed by atoms with Crippen LogP contribution in [0.4, 0.5) is 0 Å². The van der Waals surface area contributed by atoms with Crippen molar-refractivity contribution in [3.05, 3.63) is 11.8 Å². The second-order valence-corrected chi connectivity index (χ2v) is 6.09. The third-order valence-electron chi connectivity index (χ3n) is 4.29. The number of aliphatic imine (C=N–C) groups is 1. The molecule has 6 heteroatoms. The van der Waals surface area contributed by atoms with E-state index in [-0.39, 0.29) is 17.9 Å². The van der Waals surface area contributed by atoms with Crippen molar-refractivity contribution >= 4 is 18.0 Å². The van der Waals surface area contributed by atoms with Crippen molar-refractivity contribution in [1.82, 2.24) is 0 Å². The second kappa shape index (κ2) is 9.26. The average Bonchev–Trinajstić information content (AvgIpc) is 2.56. The van der Waals surface area contributed by atoms with Crippen LogP contribution < -0.4 is 0 Å². The first-order valence-corrected chi connectivity index (χ1v) is 8.40. The molecule has 2 aliphatic rings. The maximum atomic E-state index is 12.1. The van der Waals surface area contributed by atoms with E-state index in [1.807, 2.05) is 0 Å². The summed E-state index contributed by atoms with van der Waals surface area (Å²) in [7, 11) is 0. The fourth-order valence-corrected chi connectivity index (χ4v) is 3.07. The standard InChI is InChI=1S/C17H23NO5/c19-12-18-15(17(21)23-14-9-5-2-6-10-14)11-16(20)22-13-7-3-1-4-8-13/h11,13-14H,1-10H2/b15-11+. The van der Waals surface area contributed by atoms with Gasteiger partial charge in [0.15, 0.2) is 5.70 Å². The quantitative estimate of drug-likeness (QED) is 0.336. The van der Waals surface area contributed by atoms with Gasteiger partial charge in [-0.15, -0.1) is 0 Å². The van der Waals surface area contributed by atoms with Crippen molar-refractivity contribution in [2.24, 2.45) is 4.99 Å². The first-order chi connectivity index (χ1) is 11.2. The van der Waals surface area contributed by atoms with Crippen LogP contribution in [0, 0.1) is 0 Å². The number of ether oxygens (including phenoxy) is 2. The fraction of sp³-hybridized carbons (Fsp3) is 0.706. The maximum absolute atomic E-state index is 12.1. The summed E-state index contributed by atoms with van der Waals surface area (Å²) < 4.78 is 10.6. The molecule has 0 aromatic carbocycles. The zero-order valence-corrected chi connectivity index (χ0v) is 13.3. The summed E-state index contributed by atoms with van der Waals surface area (Å²) in [5.41, 5.74) is -0.341. The van der Waals surface area contributed by atoms with Crippen LogP contribution >= 0.6 is 0 Å². The normalized spacial score (nSPS) is 20.4. The number of carbonyl (C=O) groups excluding carboxylic acids is 3. The summed E-state index contributed by atoms with van der Waals surface area (Å²) in [6.07, 6.45) is 11.6. The van der Waals surface area contributed by atoms with Gasteiger partial charge in [-0.05, 0) is 51.4 Å². The van der Waals surface area contributed by atoms with Crippen molar-refractivity contribution in [3.63, 3.8) is 0 Å². The van der Waals surface area contributed by atoms with Crippen LogP contribution in [0.25, 0.3) is 0 Å². The third-order valence-corrected chi connectivity index (χ3v) is 4.29. The lowest BCUT2D eigenvalue weighted by molar-refractivity contribution is -0.148. The van der Waals surface area contributed by atoms with E-state index in [0.29, 0.717) is 0 Å². The molecule has 0 radical (unpaired) electrons. The molecule has 0 bridgehead atoms. The van der Waals surface area contributed by atoms with Gasteiger partial charge < -0.3 is 9.47 Å². The summed E-state index contributed by atoms with van der Waals surface area (Å²) in [6.45, 7) is 0. The van der Waals surface area contributed by atoms with Crippen LogP contribution in [0.3, 0.4) is 0 Å². The van der Waals surface area contributed by atoms with E-state index in [1.165, 1.54) is 6.08 Å². The summed E-state index contributed by atoms with van der Waals surface area (Å²) in [4.78, 5) is 37.7. The highest BCUT2D eigenvalue weighted by Crippen LogP contribution is 2.22. The molecule has 0 amide bonds. The molecule has 0 aromatic rings. The highest BCUT2D eigenvalue weighted by molar-refractivity contribution is 5.96. The highest BCUT2D eigenvalue weighted by Gasteiger charge is 2.22. The molecule has 2 rings (SSSR count). The molecule has 0 spiro atoms. The van der Waals surface area contributed by atoms with Crippen molar-refractivity contribution in [2.45, 2.75) is 76.4 Å². The molecule has 0 saturated heterocycles. The van der Waals surface area contributed by atoms with Gasteiger partial charge in [0.25, 0.3) is 0 Å². The Morgan fingerprint density at radius 3 is 1.91 bits per heavy atom. The van der Waals surface area contributed by atoms with Gasteiger partial charge in [-0.3, -0.25) is 0 Å². The molecule has 126 valence electrons. The zero-order valence-electron chi connectivity index (χ0n) is 13.3. The van der Waals surface area contributed by atoms with Gasteiger partial charge in [-0.2, -0.15) is 4.99 Å². The number of isocyanates is 1. The van der Waals surface area contributed by atoms with E-state index < -0.39 is 11.9 Å². The molecule has 0 unspecified atom stereocenters. The van der Waals surface area contributed by atoms with E-state index >= 15 is 0 Å². The first kappa shape index (κ1) is 17.4. The Kier molecular flexibility index (Phi) is 7.01. The van der Waals surface area contributed by atoms with E-state index in [1.54, 1.807) is 0 Å². The lowest BCUT2D eigenvalue weighted by atomic mass is 9.98. The number of nitrogens with zero attached hydrogens (tertiary/aromatic N) is 1. The Labute approximate surface area is 135 Å². The molecule has 2 fully saturated rings. The van der Waals surface area contributed by atoms with Crippen LogP contribution in [0.15, 0.2) is 16.8 Å². The van der Waals surface area contributed by atoms with Gasteiger partial charge in [0.05, 0.1) is 6.08 Å². The summed E-state index contributed by atoms with van der Waals surface area (Å²) in [6, 6.07) is 0. The SMILES string of the molecule is O=C=N/C(=C/C(=O)OC1CCCCC1)C(=O)OC1CCCCC1. The number of hydrogen-bond donors (Lipinski definition) is 0.